The van der Waals surface area contributed by atoms with Gasteiger partial charge in [0.25, 0.3) is 5.91 Å². The van der Waals surface area contributed by atoms with Gasteiger partial charge < -0.3 is 19.1 Å². The van der Waals surface area contributed by atoms with Crippen LogP contribution in [0.3, 0.4) is 0 Å². The highest BCUT2D eigenvalue weighted by Crippen LogP contribution is 2.34. The van der Waals surface area contributed by atoms with Crippen molar-refractivity contribution in [1.82, 2.24) is 14.4 Å². The van der Waals surface area contributed by atoms with E-state index >= 15 is 0 Å². The number of ether oxygens (including phenoxy) is 1. The quantitative estimate of drug-likeness (QED) is 0.486. The number of piperazine rings is 1. The second-order valence-electron chi connectivity index (χ2n) is 9.88. The summed E-state index contributed by atoms with van der Waals surface area (Å²) in [5.41, 5.74) is 3.67. The van der Waals surface area contributed by atoms with Crippen molar-refractivity contribution in [2.45, 2.75) is 27.7 Å². The van der Waals surface area contributed by atoms with E-state index in [-0.39, 0.29) is 11.8 Å². The Hall–Kier alpha value is -3.25. The Morgan fingerprint density at radius 2 is 1.51 bits per heavy atom. The molecule has 0 atom stereocenters. The monoisotopic (exact) mass is 493 g/mol. The molecule has 0 aliphatic carbocycles. The molecule has 3 aromatic rings. The molecule has 0 N–H and O–H groups in total. The molecular formula is C28H32ClN3O3. The summed E-state index contributed by atoms with van der Waals surface area (Å²) < 4.78 is 7.35. The van der Waals surface area contributed by atoms with Crippen molar-refractivity contribution in [2.75, 3.05) is 33.3 Å². The van der Waals surface area contributed by atoms with Gasteiger partial charge in [0.2, 0.25) is 5.91 Å². The first-order valence-electron chi connectivity index (χ1n) is 11.8. The van der Waals surface area contributed by atoms with Crippen molar-refractivity contribution >= 4 is 23.4 Å². The van der Waals surface area contributed by atoms with Crippen molar-refractivity contribution in [2.24, 2.45) is 5.41 Å². The summed E-state index contributed by atoms with van der Waals surface area (Å²) in [6.45, 7) is 9.82. The average molecular weight is 494 g/mol. The van der Waals surface area contributed by atoms with Crippen LogP contribution in [0, 0.1) is 12.3 Å². The van der Waals surface area contributed by atoms with Gasteiger partial charge in [-0.05, 0) is 55.0 Å². The van der Waals surface area contributed by atoms with Gasteiger partial charge in [-0.15, -0.1) is 0 Å². The van der Waals surface area contributed by atoms with Gasteiger partial charge in [-0.25, -0.2) is 0 Å². The summed E-state index contributed by atoms with van der Waals surface area (Å²) >= 11 is 6.58. The van der Waals surface area contributed by atoms with E-state index in [0.717, 1.165) is 28.4 Å². The molecule has 0 bridgehead atoms. The van der Waals surface area contributed by atoms with Crippen molar-refractivity contribution in [3.05, 3.63) is 70.9 Å². The third-order valence-electron chi connectivity index (χ3n) is 6.45. The van der Waals surface area contributed by atoms with E-state index in [0.29, 0.717) is 36.8 Å². The van der Waals surface area contributed by atoms with Crippen LogP contribution in [-0.2, 0) is 4.79 Å². The molecule has 184 valence electrons. The molecule has 2 heterocycles. The molecule has 1 aromatic heterocycles. The molecule has 2 aromatic carbocycles. The molecule has 1 aliphatic rings. The highest BCUT2D eigenvalue weighted by molar-refractivity contribution is 6.32. The van der Waals surface area contributed by atoms with Gasteiger partial charge in [-0.1, -0.05) is 44.5 Å². The maximum absolute atomic E-state index is 13.7. The fourth-order valence-electron chi connectivity index (χ4n) is 4.50. The Balaban J connectivity index is 1.69. The predicted molar refractivity (Wildman–Crippen MR) is 139 cm³/mol. The summed E-state index contributed by atoms with van der Waals surface area (Å²) in [4.78, 5) is 30.0. The average Bonchev–Trinajstić information content (AvgIpc) is 3.19. The molecule has 0 spiro atoms. The van der Waals surface area contributed by atoms with Gasteiger partial charge in [-0.2, -0.15) is 0 Å². The fourth-order valence-corrected chi connectivity index (χ4v) is 4.72. The van der Waals surface area contributed by atoms with Gasteiger partial charge in [0.15, 0.2) is 0 Å². The number of methoxy groups -OCH3 is 1. The van der Waals surface area contributed by atoms with E-state index in [1.165, 1.54) is 0 Å². The lowest BCUT2D eigenvalue weighted by Crippen LogP contribution is -2.53. The summed E-state index contributed by atoms with van der Waals surface area (Å²) in [5.74, 6) is 0.846. The van der Waals surface area contributed by atoms with Gasteiger partial charge >= 0.3 is 0 Å². The van der Waals surface area contributed by atoms with Crippen LogP contribution < -0.4 is 4.74 Å². The smallest absolute Gasteiger partial charge is 0.255 e. The minimum absolute atomic E-state index is 0.0362. The lowest BCUT2D eigenvalue weighted by Gasteiger charge is -2.37. The number of para-hydroxylation sites is 1. The van der Waals surface area contributed by atoms with E-state index in [1.807, 2.05) is 96.7 Å². The molecule has 1 fully saturated rings. The Morgan fingerprint density at radius 3 is 2.09 bits per heavy atom. The van der Waals surface area contributed by atoms with Crippen molar-refractivity contribution < 1.29 is 14.3 Å². The SMILES string of the molecule is COc1ccc(-c2cc(C(=O)N3CCN(C(=O)C(C)(C)C)CC3)c(C)n2-c2ccccc2Cl)cc1. The van der Waals surface area contributed by atoms with Gasteiger partial charge in [0, 0.05) is 37.3 Å². The number of amides is 2. The number of carbonyl (C=O) groups excluding carboxylic acids is 2. The van der Waals surface area contributed by atoms with Crippen molar-refractivity contribution in [1.29, 1.82) is 0 Å². The van der Waals surface area contributed by atoms with Crippen LogP contribution in [0.4, 0.5) is 0 Å². The maximum Gasteiger partial charge on any atom is 0.255 e. The Kier molecular flexibility index (Phi) is 6.95. The number of halogens is 1. The van der Waals surface area contributed by atoms with Gasteiger partial charge in [0.05, 0.1) is 29.1 Å². The zero-order valence-corrected chi connectivity index (χ0v) is 21.7. The summed E-state index contributed by atoms with van der Waals surface area (Å²) in [5, 5.41) is 0.606. The minimum Gasteiger partial charge on any atom is -0.497 e. The summed E-state index contributed by atoms with van der Waals surface area (Å²) in [7, 11) is 1.64. The number of nitrogens with zero attached hydrogens (tertiary/aromatic N) is 3. The lowest BCUT2D eigenvalue weighted by atomic mass is 9.94. The third kappa shape index (κ3) is 4.94. The molecule has 1 saturated heterocycles. The molecule has 2 amide bonds. The predicted octanol–water partition coefficient (Wildman–Crippen LogP) is 5.45. The highest BCUT2D eigenvalue weighted by Gasteiger charge is 2.32. The van der Waals surface area contributed by atoms with Gasteiger partial charge in [-0.3, -0.25) is 9.59 Å². The largest absolute Gasteiger partial charge is 0.497 e. The molecule has 7 heteroatoms. The number of hydrogen-bond donors (Lipinski definition) is 0. The fraction of sp³-hybridized carbons (Fsp3) is 0.357. The van der Waals surface area contributed by atoms with Crippen LogP contribution in [-0.4, -0.2) is 59.5 Å². The first kappa shape index (κ1) is 24.9. The number of hydrogen-bond acceptors (Lipinski definition) is 3. The molecule has 0 unspecified atom stereocenters. The molecule has 1 aliphatic heterocycles. The van der Waals surface area contributed by atoms with E-state index in [9.17, 15) is 9.59 Å². The van der Waals surface area contributed by atoms with E-state index in [2.05, 4.69) is 0 Å². The van der Waals surface area contributed by atoms with Crippen LogP contribution in [0.1, 0.15) is 36.8 Å². The van der Waals surface area contributed by atoms with Gasteiger partial charge in [0.1, 0.15) is 5.75 Å². The molecule has 6 nitrogen and oxygen atoms in total. The standard InChI is InChI=1S/C28H32ClN3O3/c1-19-22(26(33)30-14-16-31(17-15-30)27(34)28(2,3)4)18-25(20-10-12-21(35-5)13-11-20)32(19)24-9-7-6-8-23(24)29/h6-13,18H,14-17H2,1-5H3. The minimum atomic E-state index is -0.428. The molecular weight excluding hydrogens is 462 g/mol. The third-order valence-corrected chi connectivity index (χ3v) is 6.77. The van der Waals surface area contributed by atoms with Crippen molar-refractivity contribution in [3.8, 4) is 22.7 Å². The van der Waals surface area contributed by atoms with E-state index in [1.54, 1.807) is 7.11 Å². The molecule has 35 heavy (non-hydrogen) atoms. The molecule has 4 rings (SSSR count). The van der Waals surface area contributed by atoms with E-state index < -0.39 is 5.41 Å². The zero-order valence-electron chi connectivity index (χ0n) is 21.0. The molecule has 0 radical (unpaired) electrons. The topological polar surface area (TPSA) is 54.8 Å². The molecule has 0 saturated carbocycles. The van der Waals surface area contributed by atoms with Crippen molar-refractivity contribution in [3.63, 3.8) is 0 Å². The number of benzene rings is 2. The number of aromatic nitrogens is 1. The van der Waals surface area contributed by atoms with Crippen LogP contribution in [0.15, 0.2) is 54.6 Å². The summed E-state index contributed by atoms with van der Waals surface area (Å²) in [6, 6.07) is 17.3. The highest BCUT2D eigenvalue weighted by atomic mass is 35.5. The second-order valence-corrected chi connectivity index (χ2v) is 10.3. The van der Waals surface area contributed by atoms with E-state index in [4.69, 9.17) is 16.3 Å². The van der Waals surface area contributed by atoms with Crippen LogP contribution in [0.2, 0.25) is 5.02 Å². The van der Waals surface area contributed by atoms with Crippen LogP contribution in [0.25, 0.3) is 16.9 Å². The zero-order chi connectivity index (χ0) is 25.3. The number of carbonyl (C=O) groups is 2. The Morgan fingerprint density at radius 1 is 0.914 bits per heavy atom. The summed E-state index contributed by atoms with van der Waals surface area (Å²) in [6.07, 6.45) is 0. The Labute approximate surface area is 212 Å². The van der Waals surface area contributed by atoms with Crippen LogP contribution in [0.5, 0.6) is 5.75 Å². The first-order valence-corrected chi connectivity index (χ1v) is 12.2. The lowest BCUT2D eigenvalue weighted by molar-refractivity contribution is -0.140. The van der Waals surface area contributed by atoms with Crippen LogP contribution >= 0.6 is 11.6 Å². The maximum atomic E-state index is 13.7. The Bertz CT molecular complexity index is 1230. The first-order chi connectivity index (χ1) is 16.6. The normalized spacial score (nSPS) is 14.2. The second kappa shape index (κ2) is 9.78. The number of rotatable bonds is 4.